The summed E-state index contributed by atoms with van der Waals surface area (Å²) in [7, 11) is 0. The summed E-state index contributed by atoms with van der Waals surface area (Å²) in [6.07, 6.45) is 4.01. The molecule has 1 saturated carbocycles. The van der Waals surface area contributed by atoms with E-state index in [0.29, 0.717) is 17.0 Å². The molecular formula is C13H14ClFN2O. The fourth-order valence-corrected chi connectivity index (χ4v) is 2.84. The summed E-state index contributed by atoms with van der Waals surface area (Å²) in [5, 5.41) is 0.267. The van der Waals surface area contributed by atoms with Gasteiger partial charge in [0.05, 0.1) is 5.02 Å². The van der Waals surface area contributed by atoms with Crippen LogP contribution in [0.4, 0.5) is 4.39 Å². The highest BCUT2D eigenvalue weighted by Gasteiger charge is 2.25. The Bertz CT molecular complexity index is 584. The molecule has 2 atom stereocenters. The molecule has 0 bridgehead atoms. The number of hydrogen-bond acceptors (Lipinski definition) is 3. The molecule has 1 fully saturated rings. The monoisotopic (exact) mass is 268 g/mol. The summed E-state index contributed by atoms with van der Waals surface area (Å²) in [6.45, 7) is 0. The SMILES string of the molecule is NC1CCCC(c2nc3cc(F)cc(Cl)c3o2)C1. The van der Waals surface area contributed by atoms with Gasteiger partial charge in [0.15, 0.2) is 11.5 Å². The van der Waals surface area contributed by atoms with Gasteiger partial charge in [0, 0.05) is 18.0 Å². The molecule has 5 heteroatoms. The van der Waals surface area contributed by atoms with Crippen LogP contribution in [0.1, 0.15) is 37.5 Å². The van der Waals surface area contributed by atoms with E-state index in [9.17, 15) is 4.39 Å². The number of fused-ring (bicyclic) bond motifs is 1. The van der Waals surface area contributed by atoms with Gasteiger partial charge in [-0.3, -0.25) is 0 Å². The van der Waals surface area contributed by atoms with E-state index >= 15 is 0 Å². The van der Waals surface area contributed by atoms with Crippen molar-refractivity contribution in [3.8, 4) is 0 Å². The smallest absolute Gasteiger partial charge is 0.198 e. The van der Waals surface area contributed by atoms with Crippen molar-refractivity contribution in [1.29, 1.82) is 0 Å². The van der Waals surface area contributed by atoms with Crippen LogP contribution < -0.4 is 5.73 Å². The van der Waals surface area contributed by atoms with Crippen molar-refractivity contribution in [2.24, 2.45) is 5.73 Å². The highest BCUT2D eigenvalue weighted by atomic mass is 35.5. The number of rotatable bonds is 1. The first-order valence-corrected chi connectivity index (χ1v) is 6.52. The quantitative estimate of drug-likeness (QED) is 0.860. The Morgan fingerprint density at radius 1 is 1.39 bits per heavy atom. The first-order valence-electron chi connectivity index (χ1n) is 6.14. The fourth-order valence-electron chi connectivity index (χ4n) is 2.60. The molecule has 1 aromatic heterocycles. The highest BCUT2D eigenvalue weighted by molar-refractivity contribution is 6.34. The third kappa shape index (κ3) is 2.10. The molecule has 1 aromatic carbocycles. The topological polar surface area (TPSA) is 52.0 Å². The average Bonchev–Trinajstić information content (AvgIpc) is 2.73. The standard InChI is InChI=1S/C13H14ClFN2O/c14-10-5-8(15)6-11-12(10)18-13(17-11)7-2-1-3-9(16)4-7/h5-7,9H,1-4,16H2. The third-order valence-electron chi connectivity index (χ3n) is 3.49. The van der Waals surface area contributed by atoms with Crippen LogP contribution in [-0.2, 0) is 0 Å². The Kier molecular flexibility index (Phi) is 2.99. The maximum atomic E-state index is 13.2. The van der Waals surface area contributed by atoms with Crippen molar-refractivity contribution in [1.82, 2.24) is 4.98 Å². The van der Waals surface area contributed by atoms with E-state index in [-0.39, 0.29) is 17.0 Å². The molecule has 3 nitrogen and oxygen atoms in total. The predicted molar refractivity (Wildman–Crippen MR) is 68.2 cm³/mol. The van der Waals surface area contributed by atoms with Gasteiger partial charge in [0.2, 0.25) is 0 Å². The fraction of sp³-hybridized carbons (Fsp3) is 0.462. The van der Waals surface area contributed by atoms with E-state index in [4.69, 9.17) is 21.8 Å². The second kappa shape index (κ2) is 4.52. The molecule has 0 radical (unpaired) electrons. The van der Waals surface area contributed by atoms with Crippen LogP contribution in [0.5, 0.6) is 0 Å². The van der Waals surface area contributed by atoms with Crippen LogP contribution in [0.25, 0.3) is 11.1 Å². The number of aromatic nitrogens is 1. The van der Waals surface area contributed by atoms with E-state index in [0.717, 1.165) is 25.7 Å². The van der Waals surface area contributed by atoms with Crippen molar-refractivity contribution in [2.45, 2.75) is 37.6 Å². The van der Waals surface area contributed by atoms with Crippen LogP contribution in [0, 0.1) is 5.82 Å². The van der Waals surface area contributed by atoms with E-state index in [2.05, 4.69) is 4.98 Å². The normalized spacial score (nSPS) is 24.6. The zero-order valence-corrected chi connectivity index (χ0v) is 10.6. The minimum Gasteiger partial charge on any atom is -0.439 e. The number of hydrogen-bond donors (Lipinski definition) is 1. The molecule has 2 N–H and O–H groups in total. The average molecular weight is 269 g/mol. The minimum absolute atomic E-state index is 0.200. The van der Waals surface area contributed by atoms with Gasteiger partial charge < -0.3 is 10.2 Å². The Hall–Kier alpha value is -1.13. The lowest BCUT2D eigenvalue weighted by Gasteiger charge is -2.23. The van der Waals surface area contributed by atoms with E-state index in [1.54, 1.807) is 0 Å². The zero-order chi connectivity index (χ0) is 12.7. The second-order valence-electron chi connectivity index (χ2n) is 4.91. The van der Waals surface area contributed by atoms with E-state index < -0.39 is 5.82 Å². The lowest BCUT2D eigenvalue weighted by atomic mass is 9.86. The van der Waals surface area contributed by atoms with Gasteiger partial charge in [0.25, 0.3) is 0 Å². The van der Waals surface area contributed by atoms with Crippen LogP contribution in [0.2, 0.25) is 5.02 Å². The van der Waals surface area contributed by atoms with Gasteiger partial charge in [-0.2, -0.15) is 0 Å². The molecule has 2 aromatic rings. The molecule has 0 saturated heterocycles. The molecular weight excluding hydrogens is 255 g/mol. The second-order valence-corrected chi connectivity index (χ2v) is 5.32. The van der Waals surface area contributed by atoms with Crippen molar-refractivity contribution in [2.75, 3.05) is 0 Å². The molecule has 1 heterocycles. The Balaban J connectivity index is 2.00. The van der Waals surface area contributed by atoms with Crippen molar-refractivity contribution >= 4 is 22.7 Å². The Morgan fingerprint density at radius 3 is 3.00 bits per heavy atom. The lowest BCUT2D eigenvalue weighted by molar-refractivity contribution is 0.343. The van der Waals surface area contributed by atoms with Gasteiger partial charge in [0.1, 0.15) is 11.3 Å². The van der Waals surface area contributed by atoms with Gasteiger partial charge in [-0.1, -0.05) is 18.0 Å². The first-order chi connectivity index (χ1) is 8.63. The van der Waals surface area contributed by atoms with E-state index in [1.807, 2.05) is 0 Å². The van der Waals surface area contributed by atoms with Crippen molar-refractivity contribution < 1.29 is 8.81 Å². The molecule has 18 heavy (non-hydrogen) atoms. The summed E-state index contributed by atoms with van der Waals surface area (Å²) in [6, 6.07) is 2.79. The first kappa shape index (κ1) is 11.9. The molecule has 96 valence electrons. The van der Waals surface area contributed by atoms with Gasteiger partial charge in [-0.25, -0.2) is 9.37 Å². The van der Waals surface area contributed by atoms with Gasteiger partial charge >= 0.3 is 0 Å². The predicted octanol–water partition coefficient (Wildman–Crippen LogP) is 3.61. The zero-order valence-electron chi connectivity index (χ0n) is 9.83. The maximum absolute atomic E-state index is 13.2. The largest absolute Gasteiger partial charge is 0.439 e. The summed E-state index contributed by atoms with van der Waals surface area (Å²) in [5.74, 6) is 0.459. The van der Waals surface area contributed by atoms with Crippen molar-refractivity contribution in [3.05, 3.63) is 28.9 Å². The molecule has 2 unspecified atom stereocenters. The summed E-state index contributed by atoms with van der Waals surface area (Å²) >= 11 is 5.94. The molecule has 0 amide bonds. The number of halogens is 2. The Labute approximate surface area is 109 Å². The summed E-state index contributed by atoms with van der Waals surface area (Å²) in [4.78, 5) is 4.35. The highest BCUT2D eigenvalue weighted by Crippen LogP contribution is 2.35. The molecule has 3 rings (SSSR count). The minimum atomic E-state index is -0.396. The third-order valence-corrected chi connectivity index (χ3v) is 3.77. The molecule has 1 aliphatic carbocycles. The van der Waals surface area contributed by atoms with Crippen molar-refractivity contribution in [3.63, 3.8) is 0 Å². The molecule has 1 aliphatic rings. The number of oxazole rings is 1. The summed E-state index contributed by atoms with van der Waals surface area (Å²) in [5.41, 5.74) is 6.90. The van der Waals surface area contributed by atoms with Crippen LogP contribution in [-0.4, -0.2) is 11.0 Å². The molecule has 0 spiro atoms. The summed E-state index contributed by atoms with van der Waals surface area (Å²) < 4.78 is 18.9. The Morgan fingerprint density at radius 2 is 2.22 bits per heavy atom. The van der Waals surface area contributed by atoms with Crippen LogP contribution in [0.15, 0.2) is 16.5 Å². The number of benzene rings is 1. The molecule has 0 aliphatic heterocycles. The van der Waals surface area contributed by atoms with Gasteiger partial charge in [-0.15, -0.1) is 0 Å². The van der Waals surface area contributed by atoms with Gasteiger partial charge in [-0.05, 0) is 25.3 Å². The maximum Gasteiger partial charge on any atom is 0.198 e. The van der Waals surface area contributed by atoms with Crippen LogP contribution in [0.3, 0.4) is 0 Å². The number of nitrogens with two attached hydrogens (primary N) is 1. The lowest BCUT2D eigenvalue weighted by Crippen LogP contribution is -2.26. The van der Waals surface area contributed by atoms with E-state index in [1.165, 1.54) is 12.1 Å². The van der Waals surface area contributed by atoms with Crippen LogP contribution >= 0.6 is 11.6 Å². The number of nitrogens with zero attached hydrogens (tertiary/aromatic N) is 1.